The summed E-state index contributed by atoms with van der Waals surface area (Å²) in [6.45, 7) is 1.61. The lowest BCUT2D eigenvalue weighted by molar-refractivity contribution is -0.139. The molecule has 0 saturated carbocycles. The Balaban J connectivity index is 1.66. The van der Waals surface area contributed by atoms with Crippen LogP contribution in [0.5, 0.6) is 0 Å². The second-order valence-corrected chi connectivity index (χ2v) is 6.22. The Morgan fingerprint density at radius 3 is 2.39 bits per heavy atom. The highest BCUT2D eigenvalue weighted by atomic mass is 16.2. The maximum atomic E-state index is 12.5. The summed E-state index contributed by atoms with van der Waals surface area (Å²) >= 11 is 0. The van der Waals surface area contributed by atoms with Crippen LogP contribution in [0.4, 0.5) is 0 Å². The molecule has 1 atom stereocenters. The van der Waals surface area contributed by atoms with E-state index in [4.69, 9.17) is 5.73 Å². The van der Waals surface area contributed by atoms with E-state index >= 15 is 0 Å². The van der Waals surface area contributed by atoms with E-state index in [1.54, 1.807) is 29.2 Å². The van der Waals surface area contributed by atoms with Gasteiger partial charge in [-0.2, -0.15) is 0 Å². The van der Waals surface area contributed by atoms with Crippen LogP contribution in [0.2, 0.25) is 0 Å². The van der Waals surface area contributed by atoms with Gasteiger partial charge in [0.1, 0.15) is 0 Å². The lowest BCUT2D eigenvalue weighted by Crippen LogP contribution is -2.45. The molecule has 2 heterocycles. The molecule has 0 aromatic heterocycles. The van der Waals surface area contributed by atoms with Gasteiger partial charge in [-0.25, -0.2) is 0 Å². The van der Waals surface area contributed by atoms with Crippen LogP contribution in [0.15, 0.2) is 24.3 Å². The van der Waals surface area contributed by atoms with Crippen LogP contribution in [0.3, 0.4) is 0 Å². The fourth-order valence-electron chi connectivity index (χ4n) is 3.11. The van der Waals surface area contributed by atoms with Crippen LogP contribution in [-0.4, -0.2) is 46.7 Å². The molecule has 2 fully saturated rings. The first-order valence-electron chi connectivity index (χ1n) is 8.01. The highest BCUT2D eigenvalue weighted by molar-refractivity contribution is 6.01. The van der Waals surface area contributed by atoms with Crippen molar-refractivity contribution in [1.82, 2.24) is 9.80 Å². The van der Waals surface area contributed by atoms with Crippen LogP contribution in [0.1, 0.15) is 41.6 Å². The second-order valence-electron chi connectivity index (χ2n) is 6.22. The van der Waals surface area contributed by atoms with E-state index in [0.29, 0.717) is 24.9 Å². The van der Waals surface area contributed by atoms with Gasteiger partial charge in [0.2, 0.25) is 11.8 Å². The van der Waals surface area contributed by atoms with Crippen molar-refractivity contribution in [1.29, 1.82) is 0 Å². The van der Waals surface area contributed by atoms with Gasteiger partial charge >= 0.3 is 0 Å². The average molecular weight is 315 g/mol. The Bertz CT molecular complexity index is 610. The predicted octanol–water partition coefficient (Wildman–Crippen LogP) is 0.899. The van der Waals surface area contributed by atoms with Crippen molar-refractivity contribution in [2.45, 2.75) is 38.3 Å². The maximum absolute atomic E-state index is 12.5. The lowest BCUT2D eigenvalue weighted by Gasteiger charge is -2.30. The monoisotopic (exact) mass is 315 g/mol. The first-order chi connectivity index (χ1) is 11.0. The smallest absolute Gasteiger partial charge is 0.253 e. The first-order valence-corrected chi connectivity index (χ1v) is 8.01. The third-order valence-electron chi connectivity index (χ3n) is 4.44. The van der Waals surface area contributed by atoms with Crippen molar-refractivity contribution < 1.29 is 14.4 Å². The van der Waals surface area contributed by atoms with Gasteiger partial charge < -0.3 is 10.6 Å². The van der Waals surface area contributed by atoms with E-state index in [1.165, 1.54) is 4.90 Å². The first kappa shape index (κ1) is 15.7. The molecular weight excluding hydrogens is 294 g/mol. The zero-order valence-corrected chi connectivity index (χ0v) is 13.0. The Kier molecular flexibility index (Phi) is 4.43. The highest BCUT2D eigenvalue weighted by Gasteiger charge is 2.28. The summed E-state index contributed by atoms with van der Waals surface area (Å²) in [5.41, 5.74) is 7.38. The lowest BCUT2D eigenvalue weighted by atomic mass is 10.0. The predicted molar refractivity (Wildman–Crippen MR) is 84.3 cm³/mol. The summed E-state index contributed by atoms with van der Waals surface area (Å²) in [4.78, 5) is 38.8. The number of carbonyl (C=O) groups is 3. The van der Waals surface area contributed by atoms with Crippen LogP contribution in [-0.2, 0) is 16.1 Å². The molecular formula is C17H21N3O3. The fraction of sp³-hybridized carbons (Fsp3) is 0.471. The molecule has 6 heteroatoms. The van der Waals surface area contributed by atoms with Crippen LogP contribution in [0, 0.1) is 0 Å². The molecule has 0 aliphatic carbocycles. The van der Waals surface area contributed by atoms with Crippen molar-refractivity contribution >= 4 is 17.7 Å². The van der Waals surface area contributed by atoms with E-state index in [-0.39, 0.29) is 30.3 Å². The van der Waals surface area contributed by atoms with Gasteiger partial charge in [0.15, 0.2) is 0 Å². The summed E-state index contributed by atoms with van der Waals surface area (Å²) < 4.78 is 0. The number of imide groups is 1. The third kappa shape index (κ3) is 3.42. The van der Waals surface area contributed by atoms with Gasteiger partial charge in [-0.05, 0) is 30.5 Å². The quantitative estimate of drug-likeness (QED) is 0.840. The standard InChI is InChI=1S/C17H21N3O3/c18-14-2-1-9-19(11-14)17(23)13-5-3-12(4-6-13)10-20-15(21)7-8-16(20)22/h3-6,14H,1-2,7-11,18H2. The van der Waals surface area contributed by atoms with E-state index in [1.807, 2.05) is 0 Å². The van der Waals surface area contributed by atoms with Gasteiger partial charge in [0, 0.05) is 37.5 Å². The molecule has 2 aliphatic rings. The van der Waals surface area contributed by atoms with Crippen LogP contribution in [0.25, 0.3) is 0 Å². The number of amides is 3. The second kappa shape index (κ2) is 6.50. The number of likely N-dealkylation sites (tertiary alicyclic amines) is 2. The van der Waals surface area contributed by atoms with E-state index in [9.17, 15) is 14.4 Å². The average Bonchev–Trinajstić information content (AvgIpc) is 2.87. The van der Waals surface area contributed by atoms with Crippen molar-refractivity contribution in [3.05, 3.63) is 35.4 Å². The largest absolute Gasteiger partial charge is 0.337 e. The maximum Gasteiger partial charge on any atom is 0.253 e. The van der Waals surface area contributed by atoms with Gasteiger partial charge in [0.25, 0.3) is 5.91 Å². The molecule has 3 rings (SSSR count). The molecule has 23 heavy (non-hydrogen) atoms. The number of nitrogens with two attached hydrogens (primary N) is 1. The number of hydrogen-bond donors (Lipinski definition) is 1. The van der Waals surface area contributed by atoms with E-state index < -0.39 is 0 Å². The molecule has 122 valence electrons. The van der Waals surface area contributed by atoms with Gasteiger partial charge in [-0.3, -0.25) is 19.3 Å². The van der Waals surface area contributed by atoms with Gasteiger partial charge in [0.05, 0.1) is 6.54 Å². The van der Waals surface area contributed by atoms with E-state index in [0.717, 1.165) is 24.9 Å². The number of carbonyl (C=O) groups excluding carboxylic acids is 3. The molecule has 6 nitrogen and oxygen atoms in total. The summed E-state index contributed by atoms with van der Waals surface area (Å²) in [5.74, 6) is -0.269. The fourth-order valence-corrected chi connectivity index (χ4v) is 3.11. The molecule has 2 N–H and O–H groups in total. The van der Waals surface area contributed by atoms with Crippen LogP contribution < -0.4 is 5.73 Å². The van der Waals surface area contributed by atoms with E-state index in [2.05, 4.69) is 0 Å². The molecule has 2 saturated heterocycles. The molecule has 3 amide bonds. The minimum absolute atomic E-state index is 0.0139. The molecule has 1 unspecified atom stereocenters. The van der Waals surface area contributed by atoms with Gasteiger partial charge in [-0.15, -0.1) is 0 Å². The Morgan fingerprint density at radius 1 is 1.13 bits per heavy atom. The molecule has 0 radical (unpaired) electrons. The number of benzene rings is 1. The summed E-state index contributed by atoms with van der Waals surface area (Å²) in [5, 5.41) is 0. The van der Waals surface area contributed by atoms with Crippen molar-refractivity contribution in [2.24, 2.45) is 5.73 Å². The zero-order chi connectivity index (χ0) is 16.4. The van der Waals surface area contributed by atoms with Crippen LogP contribution >= 0.6 is 0 Å². The number of rotatable bonds is 3. The van der Waals surface area contributed by atoms with Crippen molar-refractivity contribution in [2.75, 3.05) is 13.1 Å². The molecule has 1 aromatic rings. The normalized spacial score (nSPS) is 21.9. The van der Waals surface area contributed by atoms with Crippen molar-refractivity contribution in [3.8, 4) is 0 Å². The summed E-state index contributed by atoms with van der Waals surface area (Å²) in [6.07, 6.45) is 2.49. The molecule has 0 spiro atoms. The Labute approximate surface area is 135 Å². The summed E-state index contributed by atoms with van der Waals surface area (Å²) in [7, 11) is 0. The number of hydrogen-bond acceptors (Lipinski definition) is 4. The number of piperidine rings is 1. The Hall–Kier alpha value is -2.21. The molecule has 0 bridgehead atoms. The number of nitrogens with zero attached hydrogens (tertiary/aromatic N) is 2. The minimum Gasteiger partial charge on any atom is -0.337 e. The molecule has 1 aromatic carbocycles. The SMILES string of the molecule is NC1CCCN(C(=O)c2ccc(CN3C(=O)CCC3=O)cc2)C1. The minimum atomic E-state index is -0.127. The van der Waals surface area contributed by atoms with Gasteiger partial charge in [-0.1, -0.05) is 12.1 Å². The summed E-state index contributed by atoms with van der Waals surface area (Å²) in [6, 6.07) is 7.16. The zero-order valence-electron chi connectivity index (χ0n) is 13.0. The Morgan fingerprint density at radius 2 is 1.78 bits per heavy atom. The molecule has 2 aliphatic heterocycles. The topological polar surface area (TPSA) is 83.7 Å². The third-order valence-corrected chi connectivity index (χ3v) is 4.44. The van der Waals surface area contributed by atoms with Crippen molar-refractivity contribution in [3.63, 3.8) is 0 Å². The highest BCUT2D eigenvalue weighted by Crippen LogP contribution is 2.17.